The van der Waals surface area contributed by atoms with Crippen LogP contribution >= 0.6 is 11.6 Å². The van der Waals surface area contributed by atoms with Crippen LogP contribution in [-0.2, 0) is 14.8 Å². The van der Waals surface area contributed by atoms with Gasteiger partial charge in [0.25, 0.3) is 0 Å². The molecule has 8 heteroatoms. The van der Waals surface area contributed by atoms with E-state index in [9.17, 15) is 13.2 Å². The van der Waals surface area contributed by atoms with Crippen LogP contribution in [0.5, 0.6) is 0 Å². The number of carbonyl (C=O) groups excluding carboxylic acids is 1. The molecule has 2 atom stereocenters. The monoisotopic (exact) mass is 413 g/mol. The summed E-state index contributed by atoms with van der Waals surface area (Å²) < 4.78 is 27.0. The predicted molar refractivity (Wildman–Crippen MR) is 106 cm³/mol. The smallest absolute Gasteiger partial charge is 0.244 e. The molecule has 1 amide bonds. The Bertz CT molecular complexity index is 763. The Kier molecular flexibility index (Phi) is 6.78. The second kappa shape index (κ2) is 8.90. The molecule has 6 nitrogen and oxygen atoms in total. The van der Waals surface area contributed by atoms with E-state index in [2.05, 4.69) is 12.2 Å². The zero-order valence-corrected chi connectivity index (χ0v) is 17.3. The fourth-order valence-corrected chi connectivity index (χ4v) is 5.82. The first kappa shape index (κ1) is 20.6. The van der Waals surface area contributed by atoms with Crippen LogP contribution in [0.4, 0.5) is 0 Å². The lowest BCUT2D eigenvalue weighted by molar-refractivity contribution is -0.123. The Morgan fingerprint density at radius 1 is 1.15 bits per heavy atom. The highest BCUT2D eigenvalue weighted by molar-refractivity contribution is 7.89. The summed E-state index contributed by atoms with van der Waals surface area (Å²) in [5.74, 6) is 0.566. The van der Waals surface area contributed by atoms with Gasteiger partial charge in [0.2, 0.25) is 15.9 Å². The van der Waals surface area contributed by atoms with Crippen LogP contribution < -0.4 is 5.32 Å². The average Bonchev–Trinajstić information content (AvgIpc) is 2.64. The first-order chi connectivity index (χ1) is 12.9. The van der Waals surface area contributed by atoms with Gasteiger partial charge in [-0.05, 0) is 30.9 Å². The SMILES string of the molecule is C[C@H]1CCCC[C@@H]1NC(=O)CN1CCN(S(=O)(=O)c2ccccc2Cl)CC1. The minimum atomic E-state index is -3.60. The molecule has 1 N–H and O–H groups in total. The lowest BCUT2D eigenvalue weighted by Crippen LogP contribution is -2.52. The quantitative estimate of drug-likeness (QED) is 0.804. The standard InChI is InChI=1S/C19H28ClN3O3S/c1-15-6-2-4-8-17(15)21-19(24)14-22-10-12-23(13-11-22)27(25,26)18-9-5-3-7-16(18)20/h3,5,7,9,15,17H,2,4,6,8,10-14H2,1H3,(H,21,24)/t15-,17-/m0/s1. The Balaban J connectivity index is 1.51. The minimum Gasteiger partial charge on any atom is -0.352 e. The lowest BCUT2D eigenvalue weighted by Gasteiger charge is -2.34. The number of carbonyl (C=O) groups is 1. The van der Waals surface area contributed by atoms with Gasteiger partial charge in [0.15, 0.2) is 0 Å². The van der Waals surface area contributed by atoms with E-state index in [4.69, 9.17) is 11.6 Å². The van der Waals surface area contributed by atoms with E-state index in [1.807, 2.05) is 4.90 Å². The molecule has 0 unspecified atom stereocenters. The van der Waals surface area contributed by atoms with Gasteiger partial charge in [-0.25, -0.2) is 8.42 Å². The first-order valence-electron chi connectivity index (χ1n) is 9.64. The van der Waals surface area contributed by atoms with Gasteiger partial charge in [0.05, 0.1) is 11.6 Å². The molecule has 0 bridgehead atoms. The molecule has 0 spiro atoms. The fraction of sp³-hybridized carbons (Fsp3) is 0.632. The normalized spacial score (nSPS) is 25.3. The Morgan fingerprint density at radius 2 is 1.81 bits per heavy atom. The van der Waals surface area contributed by atoms with Crippen LogP contribution in [0.2, 0.25) is 5.02 Å². The maximum absolute atomic E-state index is 12.8. The predicted octanol–water partition coefficient (Wildman–Crippen LogP) is 2.34. The van der Waals surface area contributed by atoms with Crippen molar-refractivity contribution in [2.45, 2.75) is 43.5 Å². The van der Waals surface area contributed by atoms with Crippen molar-refractivity contribution in [1.82, 2.24) is 14.5 Å². The molecule has 1 aromatic rings. The summed E-state index contributed by atoms with van der Waals surface area (Å²) in [7, 11) is -3.60. The molecule has 0 radical (unpaired) electrons. The van der Waals surface area contributed by atoms with E-state index in [0.29, 0.717) is 38.6 Å². The Labute approximate surface area is 166 Å². The first-order valence-corrected chi connectivity index (χ1v) is 11.5. The van der Waals surface area contributed by atoms with Gasteiger partial charge in [0, 0.05) is 32.2 Å². The summed E-state index contributed by atoms with van der Waals surface area (Å²) in [5.41, 5.74) is 0. The van der Waals surface area contributed by atoms with E-state index in [0.717, 1.165) is 6.42 Å². The van der Waals surface area contributed by atoms with Crippen LogP contribution in [0.3, 0.4) is 0 Å². The third-order valence-electron chi connectivity index (χ3n) is 5.61. The number of nitrogens with zero attached hydrogens (tertiary/aromatic N) is 2. The maximum atomic E-state index is 12.8. The highest BCUT2D eigenvalue weighted by atomic mass is 35.5. The number of nitrogens with one attached hydrogen (secondary N) is 1. The van der Waals surface area contributed by atoms with Crippen molar-refractivity contribution in [2.75, 3.05) is 32.7 Å². The van der Waals surface area contributed by atoms with E-state index >= 15 is 0 Å². The van der Waals surface area contributed by atoms with Gasteiger partial charge in [0.1, 0.15) is 4.90 Å². The molecule has 3 rings (SSSR count). The van der Waals surface area contributed by atoms with E-state index in [-0.39, 0.29) is 21.9 Å². The minimum absolute atomic E-state index is 0.0381. The number of piperazine rings is 1. The number of rotatable bonds is 5. The molecule has 1 heterocycles. The third kappa shape index (κ3) is 5.02. The molecule has 2 fully saturated rings. The van der Waals surface area contributed by atoms with Gasteiger partial charge in [-0.15, -0.1) is 0 Å². The average molecular weight is 414 g/mol. The van der Waals surface area contributed by atoms with Gasteiger partial charge in [-0.3, -0.25) is 9.69 Å². The van der Waals surface area contributed by atoms with Gasteiger partial charge < -0.3 is 5.32 Å². The van der Waals surface area contributed by atoms with Crippen molar-refractivity contribution in [3.63, 3.8) is 0 Å². The molecule has 1 saturated carbocycles. The van der Waals surface area contributed by atoms with E-state index in [1.165, 1.54) is 29.6 Å². The van der Waals surface area contributed by atoms with Crippen molar-refractivity contribution in [2.24, 2.45) is 5.92 Å². The van der Waals surface area contributed by atoms with Crippen molar-refractivity contribution in [3.05, 3.63) is 29.3 Å². The van der Waals surface area contributed by atoms with Crippen LogP contribution in [0.25, 0.3) is 0 Å². The van der Waals surface area contributed by atoms with Crippen molar-refractivity contribution in [3.8, 4) is 0 Å². The van der Waals surface area contributed by atoms with Crippen molar-refractivity contribution in [1.29, 1.82) is 0 Å². The largest absolute Gasteiger partial charge is 0.352 e. The summed E-state index contributed by atoms with van der Waals surface area (Å²) in [6, 6.07) is 6.77. The summed E-state index contributed by atoms with van der Waals surface area (Å²) in [6.07, 6.45) is 4.64. The summed E-state index contributed by atoms with van der Waals surface area (Å²) in [6.45, 7) is 4.32. The number of amides is 1. The number of halogens is 1. The van der Waals surface area contributed by atoms with Gasteiger partial charge in [-0.1, -0.05) is 43.5 Å². The maximum Gasteiger partial charge on any atom is 0.244 e. The van der Waals surface area contributed by atoms with Crippen molar-refractivity contribution >= 4 is 27.5 Å². The number of hydrogen-bond donors (Lipinski definition) is 1. The highest BCUT2D eigenvalue weighted by Gasteiger charge is 2.31. The fourth-order valence-electron chi connectivity index (χ4n) is 3.91. The molecule has 27 heavy (non-hydrogen) atoms. The van der Waals surface area contributed by atoms with Crippen LogP contribution in [0.1, 0.15) is 32.6 Å². The molecule has 0 aromatic heterocycles. The Hall–Kier alpha value is -1.15. The van der Waals surface area contributed by atoms with Crippen LogP contribution in [0, 0.1) is 5.92 Å². The van der Waals surface area contributed by atoms with Crippen LogP contribution in [0.15, 0.2) is 29.2 Å². The van der Waals surface area contributed by atoms with Crippen LogP contribution in [-0.4, -0.2) is 62.3 Å². The summed E-state index contributed by atoms with van der Waals surface area (Å²) in [5, 5.41) is 3.40. The van der Waals surface area contributed by atoms with Gasteiger partial charge >= 0.3 is 0 Å². The van der Waals surface area contributed by atoms with Gasteiger partial charge in [-0.2, -0.15) is 4.31 Å². The van der Waals surface area contributed by atoms with Crippen molar-refractivity contribution < 1.29 is 13.2 Å². The molecule has 150 valence electrons. The zero-order valence-electron chi connectivity index (χ0n) is 15.7. The molecular weight excluding hydrogens is 386 g/mol. The summed E-state index contributed by atoms with van der Waals surface area (Å²) >= 11 is 6.06. The van der Waals surface area contributed by atoms with E-state index < -0.39 is 10.0 Å². The Morgan fingerprint density at radius 3 is 2.48 bits per heavy atom. The number of sulfonamides is 1. The lowest BCUT2D eigenvalue weighted by atomic mass is 9.86. The van der Waals surface area contributed by atoms with E-state index in [1.54, 1.807) is 18.2 Å². The topological polar surface area (TPSA) is 69.7 Å². The molecule has 1 aliphatic carbocycles. The molecule has 2 aliphatic rings. The molecule has 1 saturated heterocycles. The zero-order chi connectivity index (χ0) is 19.4. The molecular formula is C19H28ClN3O3S. The third-order valence-corrected chi connectivity index (χ3v) is 8.01. The molecule has 1 aromatic carbocycles. The highest BCUT2D eigenvalue weighted by Crippen LogP contribution is 2.25. The summed E-state index contributed by atoms with van der Waals surface area (Å²) in [4.78, 5) is 14.5. The second-order valence-corrected chi connectivity index (χ2v) is 9.86. The molecule has 1 aliphatic heterocycles. The second-order valence-electron chi connectivity index (χ2n) is 7.55. The number of hydrogen-bond acceptors (Lipinski definition) is 4. The number of benzene rings is 1.